The second kappa shape index (κ2) is 13.6. The number of hydrogen-bond donors (Lipinski definition) is 10. The van der Waals surface area contributed by atoms with Crippen LogP contribution >= 0.6 is 0 Å². The van der Waals surface area contributed by atoms with E-state index in [1.54, 1.807) is 0 Å². The number of nitrogens with one attached hydrogen (secondary N) is 2. The fourth-order valence-electron chi connectivity index (χ4n) is 6.77. The topological polar surface area (TPSA) is 300 Å². The van der Waals surface area contributed by atoms with Gasteiger partial charge in [0.05, 0.1) is 50.5 Å². The Morgan fingerprint density at radius 2 is 1.09 bits per heavy atom. The molecular formula is C27H38N8O12. The number of nitrogens with zero attached hydrogens (tertiary/aromatic N) is 6. The van der Waals surface area contributed by atoms with Crippen molar-refractivity contribution in [2.45, 2.75) is 80.8 Å². The summed E-state index contributed by atoms with van der Waals surface area (Å²) in [6.07, 6.45) is -6.90. The molecule has 0 aromatic carbocycles. The van der Waals surface area contributed by atoms with E-state index in [0.29, 0.717) is 6.42 Å². The van der Waals surface area contributed by atoms with Crippen LogP contribution in [0.1, 0.15) is 30.3 Å². The molecule has 20 nitrogen and oxygen atoms in total. The van der Waals surface area contributed by atoms with Gasteiger partial charge in [-0.05, 0) is 18.3 Å². The van der Waals surface area contributed by atoms with Crippen molar-refractivity contribution in [2.75, 3.05) is 13.2 Å². The first-order valence-electron chi connectivity index (χ1n) is 15.2. The zero-order valence-corrected chi connectivity index (χ0v) is 24.8. The van der Waals surface area contributed by atoms with Crippen LogP contribution in [0.5, 0.6) is 0 Å². The van der Waals surface area contributed by atoms with Gasteiger partial charge in [-0.1, -0.05) is 22.6 Å². The van der Waals surface area contributed by atoms with Gasteiger partial charge in [0.1, 0.15) is 60.2 Å². The number of allylic oxidation sites excluding steroid dienone is 2. The quantitative estimate of drug-likeness (QED) is 0.106. The third-order valence-corrected chi connectivity index (χ3v) is 9.32. The Labute approximate surface area is 266 Å². The average Bonchev–Trinajstić information content (AvgIpc) is 3.89. The second-order valence-electron chi connectivity index (χ2n) is 12.3. The number of aromatic nitrogens is 6. The number of carbonyl (C=O) groups excluding carboxylic acids is 2. The third kappa shape index (κ3) is 6.28. The fraction of sp³-hybridized carbons (Fsp3) is 0.704. The molecule has 10 N–H and O–H groups in total. The van der Waals surface area contributed by atoms with Gasteiger partial charge in [-0.2, -0.15) is 0 Å². The number of hydrogen-bond acceptors (Lipinski definition) is 16. The Bertz CT molecular complexity index is 1350. The summed E-state index contributed by atoms with van der Waals surface area (Å²) < 4.78 is 13.2. The monoisotopic (exact) mass is 666 g/mol. The van der Waals surface area contributed by atoms with E-state index in [1.807, 2.05) is 12.2 Å². The third-order valence-electron chi connectivity index (χ3n) is 9.32. The van der Waals surface area contributed by atoms with Crippen molar-refractivity contribution in [1.82, 2.24) is 40.6 Å². The van der Waals surface area contributed by atoms with Gasteiger partial charge in [0.15, 0.2) is 12.5 Å². The highest BCUT2D eigenvalue weighted by Crippen LogP contribution is 2.48. The van der Waals surface area contributed by atoms with Crippen LogP contribution in [0.25, 0.3) is 0 Å². The first-order valence-corrected chi connectivity index (χ1v) is 15.2. The summed E-state index contributed by atoms with van der Waals surface area (Å²) in [6.45, 7) is -1.34. The molecule has 2 amide bonds. The van der Waals surface area contributed by atoms with E-state index >= 15 is 0 Å². The number of aliphatic hydroxyl groups excluding tert-OH is 8. The van der Waals surface area contributed by atoms with Crippen LogP contribution in [0.4, 0.5) is 0 Å². The Kier molecular flexibility index (Phi) is 9.67. The van der Waals surface area contributed by atoms with E-state index in [4.69, 9.17) is 9.47 Å². The summed E-state index contributed by atoms with van der Waals surface area (Å²) in [5.41, 5.74) is 0.579. The molecule has 2 aliphatic carbocycles. The van der Waals surface area contributed by atoms with Gasteiger partial charge < -0.3 is 61.0 Å². The highest BCUT2D eigenvalue weighted by atomic mass is 16.6. The maximum atomic E-state index is 13.4. The largest absolute Gasteiger partial charge is 0.394 e. The van der Waals surface area contributed by atoms with Crippen molar-refractivity contribution < 1.29 is 59.9 Å². The minimum absolute atomic E-state index is 0.0662. The number of carbonyl (C=O) groups is 2. The van der Waals surface area contributed by atoms with Crippen molar-refractivity contribution in [3.05, 3.63) is 35.9 Å². The molecule has 0 spiro atoms. The lowest BCUT2D eigenvalue weighted by Crippen LogP contribution is -2.56. The van der Waals surface area contributed by atoms with Crippen LogP contribution in [0.3, 0.4) is 0 Å². The fourth-order valence-corrected chi connectivity index (χ4v) is 6.77. The highest BCUT2D eigenvalue weighted by Gasteiger charge is 2.51. The van der Waals surface area contributed by atoms with Crippen LogP contribution in [-0.2, 0) is 32.2 Å². The van der Waals surface area contributed by atoms with Crippen molar-refractivity contribution >= 4 is 11.8 Å². The van der Waals surface area contributed by atoms with Crippen LogP contribution in [0, 0.1) is 23.7 Å². The Morgan fingerprint density at radius 3 is 1.47 bits per heavy atom. The molecule has 20 heteroatoms. The summed E-state index contributed by atoms with van der Waals surface area (Å²) in [5.74, 6) is -2.42. The molecule has 4 aliphatic rings. The number of rotatable bonds is 10. The van der Waals surface area contributed by atoms with Gasteiger partial charge in [-0.15, -0.1) is 10.2 Å². The zero-order valence-electron chi connectivity index (χ0n) is 24.8. The minimum Gasteiger partial charge on any atom is -0.394 e. The van der Waals surface area contributed by atoms with E-state index in [-0.39, 0.29) is 48.1 Å². The lowest BCUT2D eigenvalue weighted by Gasteiger charge is -2.39. The summed E-state index contributed by atoms with van der Waals surface area (Å²) in [7, 11) is 0. The van der Waals surface area contributed by atoms with E-state index in [2.05, 4.69) is 31.3 Å². The van der Waals surface area contributed by atoms with Crippen LogP contribution in [-0.4, -0.2) is 145 Å². The highest BCUT2D eigenvalue weighted by molar-refractivity contribution is 5.89. The molecule has 0 unspecified atom stereocenters. The molecule has 1 saturated carbocycles. The predicted octanol–water partition coefficient (Wildman–Crippen LogP) is -5.81. The second-order valence-corrected chi connectivity index (χ2v) is 12.3. The first-order chi connectivity index (χ1) is 22.5. The van der Waals surface area contributed by atoms with Gasteiger partial charge in [-0.3, -0.25) is 9.59 Å². The van der Waals surface area contributed by atoms with E-state index in [9.17, 15) is 50.4 Å². The van der Waals surface area contributed by atoms with E-state index < -0.39 is 86.3 Å². The smallest absolute Gasteiger partial charge is 0.224 e. The number of aliphatic hydroxyl groups is 8. The van der Waals surface area contributed by atoms with Crippen molar-refractivity contribution in [2.24, 2.45) is 23.7 Å². The van der Waals surface area contributed by atoms with Crippen molar-refractivity contribution in [3.8, 4) is 0 Å². The molecule has 47 heavy (non-hydrogen) atoms. The molecule has 2 aromatic heterocycles. The van der Waals surface area contributed by atoms with E-state index in [1.165, 1.54) is 12.4 Å². The van der Waals surface area contributed by atoms with Gasteiger partial charge in [-0.25, -0.2) is 9.36 Å². The molecule has 0 radical (unpaired) electrons. The maximum Gasteiger partial charge on any atom is 0.224 e. The van der Waals surface area contributed by atoms with Crippen LogP contribution in [0.15, 0.2) is 24.5 Å². The predicted molar refractivity (Wildman–Crippen MR) is 149 cm³/mol. The zero-order chi connectivity index (χ0) is 33.6. The molecule has 6 rings (SSSR count). The maximum absolute atomic E-state index is 13.4. The van der Waals surface area contributed by atoms with Crippen molar-refractivity contribution in [1.29, 1.82) is 0 Å². The number of ether oxygens (including phenoxy) is 2. The molecule has 2 aliphatic heterocycles. The van der Waals surface area contributed by atoms with Crippen LogP contribution < -0.4 is 10.6 Å². The Balaban J connectivity index is 1.05. The molecule has 14 atom stereocenters. The molecule has 258 valence electrons. The summed E-state index contributed by atoms with van der Waals surface area (Å²) >= 11 is 0. The molecular weight excluding hydrogens is 628 g/mol. The Morgan fingerprint density at radius 1 is 0.681 bits per heavy atom. The molecule has 2 aromatic rings. The van der Waals surface area contributed by atoms with Crippen molar-refractivity contribution in [3.63, 3.8) is 0 Å². The lowest BCUT2D eigenvalue weighted by molar-refractivity contribution is -0.254. The van der Waals surface area contributed by atoms with Gasteiger partial charge >= 0.3 is 0 Å². The minimum atomic E-state index is -1.60. The molecule has 2 bridgehead atoms. The number of amides is 2. The Hall–Kier alpha value is -3.44. The van der Waals surface area contributed by atoms with E-state index in [0.717, 1.165) is 9.36 Å². The molecule has 3 fully saturated rings. The number of fused-ring (bicyclic) bond motifs is 2. The average molecular weight is 667 g/mol. The van der Waals surface area contributed by atoms with Crippen LogP contribution in [0.2, 0.25) is 0 Å². The normalized spacial score (nSPS) is 39.7. The molecule has 2 saturated heterocycles. The SMILES string of the molecule is O=C(NCc1cn([C@@H]2O[C@H](CO)[C@H](O)[C@H](O)[C@H]2O)nn1)[C@@H]1[C@H](C(=O)NCc2cn([C@@H]3O[C@H](CO)[C@H](O)[C@H](O)[C@H]3O)nn2)[C@@H]2C=C[C@H]1C2. The lowest BCUT2D eigenvalue weighted by atomic mass is 9.81. The standard InChI is InChI=1S/C27H38N8O12/c36-8-14-18(38)20(40)22(42)26(46-14)34-6-12(30-32-34)4-28-24(44)16-10-1-2-11(3-10)17(16)25(45)29-5-13-7-35(33-31-13)27-23(43)21(41)19(39)15(9-37)47-27/h1-2,6-7,10-11,14-23,26-27,36-43H,3-5,8-9H2,(H,28,44)(H,29,45)/t10-,11+,14-,15-,16-,17+,18+,19+,20+,21+,22-,23-,26-,27-/m1/s1. The summed E-state index contributed by atoms with van der Waals surface area (Å²) in [6, 6.07) is 0. The summed E-state index contributed by atoms with van der Waals surface area (Å²) in [5, 5.41) is 101. The first kappa shape index (κ1) is 33.5. The summed E-state index contributed by atoms with van der Waals surface area (Å²) in [4.78, 5) is 26.8. The van der Waals surface area contributed by atoms with Gasteiger partial charge in [0.25, 0.3) is 0 Å². The van der Waals surface area contributed by atoms with Gasteiger partial charge in [0.2, 0.25) is 11.8 Å². The molecule has 4 heterocycles. The van der Waals surface area contributed by atoms with Gasteiger partial charge in [0, 0.05) is 0 Å².